The van der Waals surface area contributed by atoms with Crippen LogP contribution in [0.1, 0.15) is 19.3 Å². The van der Waals surface area contributed by atoms with Gasteiger partial charge >= 0.3 is 0 Å². The van der Waals surface area contributed by atoms with Crippen molar-refractivity contribution in [2.45, 2.75) is 43.6 Å². The van der Waals surface area contributed by atoms with Crippen LogP contribution < -0.4 is 10.2 Å². The summed E-state index contributed by atoms with van der Waals surface area (Å²) in [6.45, 7) is 0. The molecule has 2 unspecified atom stereocenters. The van der Waals surface area contributed by atoms with Crippen LogP contribution in [-0.4, -0.2) is 61.6 Å². The monoisotopic (exact) mass is 381 g/mol. The molecule has 1 aromatic carbocycles. The number of benzene rings is 1. The fraction of sp³-hybridized carbons (Fsp3) is 0.421. The van der Waals surface area contributed by atoms with Crippen LogP contribution in [0.15, 0.2) is 30.7 Å². The summed E-state index contributed by atoms with van der Waals surface area (Å²) in [5.74, 6) is 0.803. The zero-order valence-electron chi connectivity index (χ0n) is 15.3. The number of nitrogens with zero attached hydrogens (tertiary/aromatic N) is 6. The Bertz CT molecular complexity index is 1010. The Morgan fingerprint density at radius 2 is 1.89 bits per heavy atom. The first-order chi connectivity index (χ1) is 13.6. The average Bonchev–Trinajstić information content (AvgIpc) is 3.13. The number of halogens is 1. The van der Waals surface area contributed by atoms with Crippen molar-refractivity contribution in [3.05, 3.63) is 30.7 Å². The summed E-state index contributed by atoms with van der Waals surface area (Å²) in [4.78, 5) is 14.6. The zero-order valence-corrected chi connectivity index (χ0v) is 15.3. The van der Waals surface area contributed by atoms with E-state index in [1.165, 1.54) is 6.07 Å². The maximum atomic E-state index is 14.8. The predicted molar refractivity (Wildman–Crippen MR) is 102 cm³/mol. The highest BCUT2D eigenvalue weighted by molar-refractivity contribution is 5.83. The van der Waals surface area contributed by atoms with Crippen LogP contribution >= 0.6 is 0 Å². The van der Waals surface area contributed by atoms with Gasteiger partial charge in [0.15, 0.2) is 11.6 Å². The van der Waals surface area contributed by atoms with E-state index in [9.17, 15) is 9.50 Å². The largest absolute Gasteiger partial charge is 0.507 e. The second-order valence-corrected chi connectivity index (χ2v) is 7.46. The Labute approximate surface area is 160 Å². The molecular formula is C19H20FN7O. The Kier molecular flexibility index (Phi) is 4.04. The van der Waals surface area contributed by atoms with Crippen molar-refractivity contribution in [1.82, 2.24) is 30.5 Å². The second-order valence-electron chi connectivity index (χ2n) is 7.46. The van der Waals surface area contributed by atoms with E-state index in [-0.39, 0.29) is 23.7 Å². The molecule has 4 heterocycles. The van der Waals surface area contributed by atoms with Gasteiger partial charge in [0.05, 0.1) is 28.8 Å². The molecule has 0 amide bonds. The molecule has 0 saturated carbocycles. The number of nitrogens with one attached hydrogen (secondary N) is 1. The fourth-order valence-corrected chi connectivity index (χ4v) is 4.25. The fourth-order valence-electron chi connectivity index (χ4n) is 4.25. The summed E-state index contributed by atoms with van der Waals surface area (Å²) >= 11 is 0. The van der Waals surface area contributed by atoms with E-state index in [4.69, 9.17) is 0 Å². The van der Waals surface area contributed by atoms with Crippen LogP contribution in [0.2, 0.25) is 0 Å². The molecule has 144 valence electrons. The van der Waals surface area contributed by atoms with Gasteiger partial charge in [-0.15, -0.1) is 10.2 Å². The Balaban J connectivity index is 1.42. The number of anilines is 1. The lowest BCUT2D eigenvalue weighted by Gasteiger charge is -2.38. The summed E-state index contributed by atoms with van der Waals surface area (Å²) in [5, 5.41) is 22.0. The van der Waals surface area contributed by atoms with Gasteiger partial charge in [0.25, 0.3) is 0 Å². The Hall–Kier alpha value is -2.94. The molecule has 28 heavy (non-hydrogen) atoms. The number of fused-ring (bicyclic) bond motifs is 3. The van der Waals surface area contributed by atoms with Crippen molar-refractivity contribution in [1.29, 1.82) is 0 Å². The summed E-state index contributed by atoms with van der Waals surface area (Å²) in [7, 11) is 1.83. The van der Waals surface area contributed by atoms with Gasteiger partial charge in [0, 0.05) is 37.6 Å². The molecule has 3 aromatic rings. The molecule has 2 bridgehead atoms. The number of phenols is 1. The topological polar surface area (TPSA) is 100.0 Å². The summed E-state index contributed by atoms with van der Waals surface area (Å²) in [6, 6.07) is 3.24. The molecule has 2 aliphatic rings. The average molecular weight is 381 g/mol. The highest BCUT2D eigenvalue weighted by atomic mass is 19.1. The third-order valence-corrected chi connectivity index (χ3v) is 5.79. The van der Waals surface area contributed by atoms with Crippen molar-refractivity contribution in [2.24, 2.45) is 0 Å². The standard InChI is InChI=1S/C19H20FN7O/c1-27(15-6-10-2-3-12(24-10)18(15)20)17-9-23-19(26-25-17)11-7-13-14(8-16(11)28)22-5-4-21-13/h4-5,7-10,12,15,18,24,28H,2-3,6H2,1H3/t10?,12?,15-,18+/m0/s1. The van der Waals surface area contributed by atoms with Gasteiger partial charge in [-0.25, -0.2) is 9.37 Å². The van der Waals surface area contributed by atoms with Crippen molar-refractivity contribution >= 4 is 16.9 Å². The molecule has 2 aliphatic heterocycles. The van der Waals surface area contributed by atoms with Gasteiger partial charge in [-0.1, -0.05) is 0 Å². The van der Waals surface area contributed by atoms with Gasteiger partial charge < -0.3 is 15.3 Å². The van der Waals surface area contributed by atoms with Gasteiger partial charge in [-0.2, -0.15) is 0 Å². The first-order valence-electron chi connectivity index (χ1n) is 9.37. The zero-order chi connectivity index (χ0) is 19.3. The van der Waals surface area contributed by atoms with Crippen LogP contribution in [0.5, 0.6) is 5.75 Å². The van der Waals surface area contributed by atoms with Crippen molar-refractivity contribution in [3.63, 3.8) is 0 Å². The van der Waals surface area contributed by atoms with Crippen LogP contribution in [-0.2, 0) is 0 Å². The van der Waals surface area contributed by atoms with Crippen molar-refractivity contribution in [3.8, 4) is 17.1 Å². The highest BCUT2D eigenvalue weighted by Crippen LogP contribution is 2.33. The molecule has 2 saturated heterocycles. The number of hydrogen-bond acceptors (Lipinski definition) is 8. The molecule has 0 aliphatic carbocycles. The normalized spacial score (nSPS) is 26.5. The SMILES string of the molecule is CN(c1cnc(-c2cc3nccnc3cc2O)nn1)[C@H]1CC2CCC(N2)[C@H]1F. The third kappa shape index (κ3) is 2.82. The molecule has 5 rings (SSSR count). The number of aromatic nitrogens is 5. The van der Waals surface area contributed by atoms with Crippen molar-refractivity contribution in [2.75, 3.05) is 11.9 Å². The molecule has 2 N–H and O–H groups in total. The van der Waals surface area contributed by atoms with Crippen LogP contribution in [0.3, 0.4) is 0 Å². The second kappa shape index (κ2) is 6.59. The minimum Gasteiger partial charge on any atom is -0.507 e. The first kappa shape index (κ1) is 17.2. The quantitative estimate of drug-likeness (QED) is 0.709. The van der Waals surface area contributed by atoms with Gasteiger partial charge in [0.2, 0.25) is 0 Å². The number of piperidine rings is 1. The highest BCUT2D eigenvalue weighted by Gasteiger charge is 2.43. The third-order valence-electron chi connectivity index (χ3n) is 5.79. The molecule has 0 spiro atoms. The molecular weight excluding hydrogens is 361 g/mol. The van der Waals surface area contributed by atoms with E-state index in [1.54, 1.807) is 24.7 Å². The van der Waals surface area contributed by atoms with E-state index in [2.05, 4.69) is 30.5 Å². The van der Waals surface area contributed by atoms with E-state index >= 15 is 0 Å². The van der Waals surface area contributed by atoms with Gasteiger partial charge in [0.1, 0.15) is 11.9 Å². The Morgan fingerprint density at radius 1 is 1.11 bits per heavy atom. The van der Waals surface area contributed by atoms with Crippen molar-refractivity contribution < 1.29 is 9.50 Å². The minimum atomic E-state index is -0.951. The maximum Gasteiger partial charge on any atom is 0.185 e. The van der Waals surface area contributed by atoms with Crippen LogP contribution in [0, 0.1) is 0 Å². The van der Waals surface area contributed by atoms with Crippen LogP contribution in [0.25, 0.3) is 22.4 Å². The number of alkyl halides is 1. The number of hydrogen-bond donors (Lipinski definition) is 2. The molecule has 9 heteroatoms. The molecule has 8 nitrogen and oxygen atoms in total. The summed E-state index contributed by atoms with van der Waals surface area (Å²) in [5.41, 5.74) is 1.64. The summed E-state index contributed by atoms with van der Waals surface area (Å²) < 4.78 is 14.8. The minimum absolute atomic E-state index is 0.00894. The van der Waals surface area contributed by atoms with Crippen LogP contribution in [0.4, 0.5) is 10.2 Å². The van der Waals surface area contributed by atoms with E-state index < -0.39 is 6.17 Å². The molecule has 4 atom stereocenters. The van der Waals surface area contributed by atoms with Gasteiger partial charge in [-0.05, 0) is 25.3 Å². The smallest absolute Gasteiger partial charge is 0.185 e. The first-order valence-corrected chi connectivity index (χ1v) is 9.37. The Morgan fingerprint density at radius 3 is 2.64 bits per heavy atom. The number of phenolic OH excluding ortho intramolecular Hbond substituents is 1. The number of aromatic hydroxyl groups is 1. The predicted octanol–water partition coefficient (Wildman–Crippen LogP) is 1.85. The summed E-state index contributed by atoms with van der Waals surface area (Å²) in [6.07, 6.45) is 6.40. The van der Waals surface area contributed by atoms with E-state index in [0.29, 0.717) is 28.5 Å². The molecule has 2 aromatic heterocycles. The lowest BCUT2D eigenvalue weighted by Crippen LogP contribution is -2.55. The maximum absolute atomic E-state index is 14.8. The molecule has 0 radical (unpaired) electrons. The number of rotatable bonds is 3. The van der Waals surface area contributed by atoms with E-state index in [0.717, 1.165) is 19.3 Å². The van der Waals surface area contributed by atoms with E-state index in [1.807, 2.05) is 11.9 Å². The molecule has 2 fully saturated rings. The lowest BCUT2D eigenvalue weighted by molar-refractivity contribution is 0.176. The van der Waals surface area contributed by atoms with Gasteiger partial charge in [-0.3, -0.25) is 9.97 Å². The lowest BCUT2D eigenvalue weighted by atomic mass is 9.96.